The molecule has 0 bridgehead atoms. The first-order valence-corrected chi connectivity index (χ1v) is 8.35. The van der Waals surface area contributed by atoms with Gasteiger partial charge in [0, 0.05) is 37.8 Å². The van der Waals surface area contributed by atoms with Gasteiger partial charge in [0.25, 0.3) is 5.91 Å². The average Bonchev–Trinajstić information content (AvgIpc) is 3.20. The number of carbonyl (C=O) groups excluding carboxylic acids is 1. The van der Waals surface area contributed by atoms with Crippen LogP contribution in [0.1, 0.15) is 28.8 Å². The van der Waals surface area contributed by atoms with E-state index in [1.54, 1.807) is 30.6 Å². The molecule has 1 aromatic heterocycles. The first kappa shape index (κ1) is 16.7. The second-order valence-electron chi connectivity index (χ2n) is 5.83. The summed E-state index contributed by atoms with van der Waals surface area (Å²) in [7, 11) is 0. The molecule has 0 aliphatic carbocycles. The SMILES string of the molecule is N#Cc1ccc(C(=O)NCCNc2cc(N3CCCC3)ncn2)cc1. The summed E-state index contributed by atoms with van der Waals surface area (Å²) in [4.78, 5) is 22.8. The number of carbonyl (C=O) groups is 1. The monoisotopic (exact) mass is 336 g/mol. The lowest BCUT2D eigenvalue weighted by molar-refractivity contribution is 0.0955. The summed E-state index contributed by atoms with van der Waals surface area (Å²) >= 11 is 0. The van der Waals surface area contributed by atoms with E-state index in [2.05, 4.69) is 25.5 Å². The summed E-state index contributed by atoms with van der Waals surface area (Å²) in [6.07, 6.45) is 3.97. The largest absolute Gasteiger partial charge is 0.368 e. The highest BCUT2D eigenvalue weighted by molar-refractivity contribution is 5.94. The lowest BCUT2D eigenvalue weighted by atomic mass is 10.1. The Morgan fingerprint density at radius 2 is 1.92 bits per heavy atom. The van der Waals surface area contributed by atoms with Crippen LogP contribution in [0.15, 0.2) is 36.7 Å². The highest BCUT2D eigenvalue weighted by atomic mass is 16.1. The molecule has 1 aromatic carbocycles. The van der Waals surface area contributed by atoms with Crippen LogP contribution in [0.5, 0.6) is 0 Å². The third-order valence-electron chi connectivity index (χ3n) is 4.08. The van der Waals surface area contributed by atoms with Gasteiger partial charge in [0.2, 0.25) is 0 Å². The predicted octanol–water partition coefficient (Wildman–Crippen LogP) is 1.79. The second-order valence-corrected chi connectivity index (χ2v) is 5.83. The summed E-state index contributed by atoms with van der Waals surface area (Å²) in [6, 6.07) is 10.5. The molecule has 2 heterocycles. The van der Waals surface area contributed by atoms with E-state index in [0.29, 0.717) is 24.2 Å². The summed E-state index contributed by atoms with van der Waals surface area (Å²) < 4.78 is 0. The smallest absolute Gasteiger partial charge is 0.251 e. The number of aromatic nitrogens is 2. The Labute approximate surface area is 146 Å². The van der Waals surface area contributed by atoms with Crippen LogP contribution in [0.4, 0.5) is 11.6 Å². The molecule has 7 nitrogen and oxygen atoms in total. The molecule has 1 amide bonds. The molecule has 2 aromatic rings. The average molecular weight is 336 g/mol. The zero-order chi connectivity index (χ0) is 17.5. The van der Waals surface area contributed by atoms with E-state index in [-0.39, 0.29) is 5.91 Å². The number of rotatable bonds is 6. The topological polar surface area (TPSA) is 93.9 Å². The van der Waals surface area contributed by atoms with Crippen molar-refractivity contribution in [1.29, 1.82) is 5.26 Å². The number of amides is 1. The second kappa shape index (κ2) is 8.11. The highest BCUT2D eigenvalue weighted by Crippen LogP contribution is 2.18. The van der Waals surface area contributed by atoms with Crippen molar-refractivity contribution >= 4 is 17.5 Å². The maximum Gasteiger partial charge on any atom is 0.251 e. The Bertz CT molecular complexity index is 762. The first-order valence-electron chi connectivity index (χ1n) is 8.35. The Kier molecular flexibility index (Phi) is 5.42. The van der Waals surface area contributed by atoms with E-state index >= 15 is 0 Å². The Morgan fingerprint density at radius 1 is 1.16 bits per heavy atom. The van der Waals surface area contributed by atoms with Crippen molar-refractivity contribution in [3.8, 4) is 6.07 Å². The molecule has 0 radical (unpaired) electrons. The predicted molar refractivity (Wildman–Crippen MR) is 95.5 cm³/mol. The molecule has 1 aliphatic rings. The summed E-state index contributed by atoms with van der Waals surface area (Å²) in [5, 5.41) is 14.8. The molecule has 3 rings (SSSR count). The first-order chi connectivity index (χ1) is 12.3. The molecule has 0 spiro atoms. The molecular formula is C18H20N6O. The van der Waals surface area contributed by atoms with E-state index in [1.165, 1.54) is 12.8 Å². The van der Waals surface area contributed by atoms with Gasteiger partial charge in [0.05, 0.1) is 11.6 Å². The summed E-state index contributed by atoms with van der Waals surface area (Å²) in [5.41, 5.74) is 1.08. The Hall–Kier alpha value is -3.14. The van der Waals surface area contributed by atoms with Crippen molar-refractivity contribution in [3.63, 3.8) is 0 Å². The van der Waals surface area contributed by atoms with Gasteiger partial charge in [-0.1, -0.05) is 0 Å². The van der Waals surface area contributed by atoms with Crippen LogP contribution in [0.25, 0.3) is 0 Å². The van der Waals surface area contributed by atoms with Gasteiger partial charge in [0.15, 0.2) is 0 Å². The van der Waals surface area contributed by atoms with E-state index in [4.69, 9.17) is 5.26 Å². The minimum absolute atomic E-state index is 0.160. The zero-order valence-electron chi connectivity index (χ0n) is 13.9. The zero-order valence-corrected chi connectivity index (χ0v) is 13.9. The molecule has 128 valence electrons. The van der Waals surface area contributed by atoms with Crippen LogP contribution in [-0.4, -0.2) is 42.1 Å². The number of hydrogen-bond acceptors (Lipinski definition) is 6. The van der Waals surface area contributed by atoms with Crippen molar-refractivity contribution in [2.75, 3.05) is 36.4 Å². The van der Waals surface area contributed by atoms with Crippen LogP contribution in [0, 0.1) is 11.3 Å². The number of benzene rings is 1. The van der Waals surface area contributed by atoms with E-state index in [9.17, 15) is 4.79 Å². The highest BCUT2D eigenvalue weighted by Gasteiger charge is 2.13. The quantitative estimate of drug-likeness (QED) is 0.781. The van der Waals surface area contributed by atoms with Crippen LogP contribution < -0.4 is 15.5 Å². The van der Waals surface area contributed by atoms with Gasteiger partial charge in [-0.25, -0.2) is 9.97 Å². The van der Waals surface area contributed by atoms with Gasteiger partial charge < -0.3 is 15.5 Å². The van der Waals surface area contributed by atoms with Gasteiger partial charge in [-0.15, -0.1) is 0 Å². The fourth-order valence-corrected chi connectivity index (χ4v) is 2.73. The number of nitrogens with zero attached hydrogens (tertiary/aromatic N) is 4. The Balaban J connectivity index is 1.45. The van der Waals surface area contributed by atoms with Gasteiger partial charge in [-0.2, -0.15) is 5.26 Å². The van der Waals surface area contributed by atoms with Crippen LogP contribution in [0.3, 0.4) is 0 Å². The molecule has 0 saturated carbocycles. The molecule has 0 unspecified atom stereocenters. The number of hydrogen-bond donors (Lipinski definition) is 2. The van der Waals surface area contributed by atoms with Crippen molar-refractivity contribution in [2.45, 2.75) is 12.8 Å². The third kappa shape index (κ3) is 4.44. The number of nitrogens with one attached hydrogen (secondary N) is 2. The third-order valence-corrected chi connectivity index (χ3v) is 4.08. The van der Waals surface area contributed by atoms with Gasteiger partial charge >= 0.3 is 0 Å². The van der Waals surface area contributed by atoms with Crippen molar-refractivity contribution in [2.24, 2.45) is 0 Å². The Morgan fingerprint density at radius 3 is 2.64 bits per heavy atom. The van der Waals surface area contributed by atoms with Crippen LogP contribution in [-0.2, 0) is 0 Å². The van der Waals surface area contributed by atoms with Gasteiger partial charge in [-0.3, -0.25) is 4.79 Å². The lowest BCUT2D eigenvalue weighted by Gasteiger charge is -2.16. The van der Waals surface area contributed by atoms with Crippen molar-refractivity contribution in [3.05, 3.63) is 47.8 Å². The van der Waals surface area contributed by atoms with Crippen LogP contribution >= 0.6 is 0 Å². The molecule has 0 atom stereocenters. The maximum absolute atomic E-state index is 12.0. The van der Waals surface area contributed by atoms with Gasteiger partial charge in [-0.05, 0) is 37.1 Å². The molecular weight excluding hydrogens is 316 g/mol. The summed E-state index contributed by atoms with van der Waals surface area (Å²) in [6.45, 7) is 3.12. The number of nitriles is 1. The van der Waals surface area contributed by atoms with E-state index in [0.717, 1.165) is 24.7 Å². The molecule has 25 heavy (non-hydrogen) atoms. The summed E-state index contributed by atoms with van der Waals surface area (Å²) in [5.74, 6) is 1.54. The molecule has 2 N–H and O–H groups in total. The van der Waals surface area contributed by atoms with Crippen molar-refractivity contribution < 1.29 is 4.79 Å². The molecule has 1 aliphatic heterocycles. The van der Waals surface area contributed by atoms with Crippen LogP contribution in [0.2, 0.25) is 0 Å². The van der Waals surface area contributed by atoms with Gasteiger partial charge in [0.1, 0.15) is 18.0 Å². The van der Waals surface area contributed by atoms with Crippen molar-refractivity contribution in [1.82, 2.24) is 15.3 Å². The fraction of sp³-hybridized carbons (Fsp3) is 0.333. The normalized spacial score (nSPS) is 13.3. The van der Waals surface area contributed by atoms with E-state index < -0.39 is 0 Å². The fourth-order valence-electron chi connectivity index (χ4n) is 2.73. The lowest BCUT2D eigenvalue weighted by Crippen LogP contribution is -2.29. The molecule has 7 heteroatoms. The minimum Gasteiger partial charge on any atom is -0.368 e. The molecule has 1 fully saturated rings. The standard InChI is InChI=1S/C18H20N6O/c19-12-14-3-5-15(6-4-14)18(25)21-8-7-20-16-11-17(23-13-22-16)24-9-1-2-10-24/h3-6,11,13H,1-2,7-10H2,(H,21,25)(H,20,22,23). The number of anilines is 2. The molecule has 1 saturated heterocycles. The minimum atomic E-state index is -0.160. The maximum atomic E-state index is 12.0. The van der Waals surface area contributed by atoms with E-state index in [1.807, 2.05) is 12.1 Å².